The molecule has 6 nitrogen and oxygen atoms in total. The minimum atomic E-state index is -0.0869. The maximum atomic E-state index is 12.2. The van der Waals surface area contributed by atoms with E-state index < -0.39 is 0 Å². The van der Waals surface area contributed by atoms with Crippen LogP contribution in [0.3, 0.4) is 0 Å². The van der Waals surface area contributed by atoms with Gasteiger partial charge >= 0.3 is 0 Å². The number of pyridine rings is 1. The van der Waals surface area contributed by atoms with Crippen molar-refractivity contribution in [2.45, 2.75) is 33.6 Å². The minimum absolute atomic E-state index is 0.0869. The van der Waals surface area contributed by atoms with Crippen LogP contribution in [0.15, 0.2) is 12.1 Å². The molecule has 6 heteroatoms. The van der Waals surface area contributed by atoms with E-state index in [1.165, 1.54) is 0 Å². The van der Waals surface area contributed by atoms with E-state index in [-0.39, 0.29) is 5.91 Å². The van der Waals surface area contributed by atoms with Gasteiger partial charge in [0.2, 0.25) is 0 Å². The van der Waals surface area contributed by atoms with Crippen LogP contribution in [0.4, 0.5) is 5.82 Å². The SMILES string of the molecule is CCCN(CC)CCNC(=O)c1cc(CC)nc(NN)c1. The van der Waals surface area contributed by atoms with Gasteiger partial charge in [-0.3, -0.25) is 4.79 Å². The van der Waals surface area contributed by atoms with Crippen molar-refractivity contribution in [1.29, 1.82) is 0 Å². The molecule has 0 aromatic carbocycles. The molecule has 0 saturated carbocycles. The van der Waals surface area contributed by atoms with Gasteiger partial charge in [0.25, 0.3) is 5.91 Å². The second-order valence-corrected chi connectivity index (χ2v) is 4.92. The van der Waals surface area contributed by atoms with Crippen LogP contribution in [-0.2, 0) is 6.42 Å². The van der Waals surface area contributed by atoms with Gasteiger partial charge in [-0.25, -0.2) is 10.8 Å². The van der Waals surface area contributed by atoms with Gasteiger partial charge in [0, 0.05) is 24.3 Å². The fourth-order valence-electron chi connectivity index (χ4n) is 2.15. The molecule has 0 aliphatic rings. The third-order valence-corrected chi connectivity index (χ3v) is 3.35. The van der Waals surface area contributed by atoms with Crippen molar-refractivity contribution >= 4 is 11.7 Å². The summed E-state index contributed by atoms with van der Waals surface area (Å²) in [5.41, 5.74) is 3.93. The summed E-state index contributed by atoms with van der Waals surface area (Å²) in [5.74, 6) is 5.81. The number of hydrazine groups is 1. The highest BCUT2D eigenvalue weighted by Gasteiger charge is 2.09. The molecule has 0 aliphatic heterocycles. The van der Waals surface area contributed by atoms with Crippen molar-refractivity contribution < 1.29 is 4.79 Å². The predicted octanol–water partition coefficient (Wildman–Crippen LogP) is 1.39. The summed E-state index contributed by atoms with van der Waals surface area (Å²) in [6.07, 6.45) is 1.88. The molecule has 1 rings (SSSR count). The average Bonchev–Trinajstić information content (AvgIpc) is 2.53. The molecule has 0 unspecified atom stereocenters. The Labute approximate surface area is 127 Å². The van der Waals surface area contributed by atoms with Crippen LogP contribution in [0.5, 0.6) is 0 Å². The van der Waals surface area contributed by atoms with E-state index in [4.69, 9.17) is 5.84 Å². The van der Waals surface area contributed by atoms with Gasteiger partial charge in [0.05, 0.1) is 0 Å². The molecule has 1 heterocycles. The van der Waals surface area contributed by atoms with E-state index in [0.717, 1.165) is 38.2 Å². The molecule has 1 amide bonds. The number of hydrogen-bond donors (Lipinski definition) is 3. The predicted molar refractivity (Wildman–Crippen MR) is 86.2 cm³/mol. The highest BCUT2D eigenvalue weighted by Crippen LogP contribution is 2.10. The first-order valence-corrected chi connectivity index (χ1v) is 7.62. The first-order valence-electron chi connectivity index (χ1n) is 7.62. The van der Waals surface area contributed by atoms with Crippen molar-refractivity contribution in [2.24, 2.45) is 5.84 Å². The number of likely N-dealkylation sites (N-methyl/N-ethyl adjacent to an activating group) is 1. The van der Waals surface area contributed by atoms with Crippen LogP contribution in [0.1, 0.15) is 43.2 Å². The Morgan fingerprint density at radius 1 is 1.29 bits per heavy atom. The molecular weight excluding hydrogens is 266 g/mol. The molecule has 0 atom stereocenters. The van der Waals surface area contributed by atoms with E-state index >= 15 is 0 Å². The number of anilines is 1. The number of nitrogens with one attached hydrogen (secondary N) is 2. The van der Waals surface area contributed by atoms with E-state index in [1.54, 1.807) is 12.1 Å². The fraction of sp³-hybridized carbons (Fsp3) is 0.600. The molecule has 21 heavy (non-hydrogen) atoms. The number of hydrogen-bond acceptors (Lipinski definition) is 5. The lowest BCUT2D eigenvalue weighted by Gasteiger charge is -2.19. The summed E-state index contributed by atoms with van der Waals surface area (Å²) in [6, 6.07) is 3.47. The summed E-state index contributed by atoms with van der Waals surface area (Å²) in [6.45, 7) is 9.85. The van der Waals surface area contributed by atoms with Crippen LogP contribution < -0.4 is 16.6 Å². The van der Waals surface area contributed by atoms with Gasteiger partial charge in [-0.15, -0.1) is 0 Å². The highest BCUT2D eigenvalue weighted by atomic mass is 16.1. The zero-order valence-corrected chi connectivity index (χ0v) is 13.3. The lowest BCUT2D eigenvalue weighted by atomic mass is 10.2. The zero-order chi connectivity index (χ0) is 15.7. The molecule has 0 fully saturated rings. The van der Waals surface area contributed by atoms with Gasteiger partial charge < -0.3 is 15.6 Å². The van der Waals surface area contributed by atoms with Crippen LogP contribution in [0.25, 0.3) is 0 Å². The number of carbonyl (C=O) groups is 1. The molecule has 1 aromatic heterocycles. The summed E-state index contributed by atoms with van der Waals surface area (Å²) < 4.78 is 0. The smallest absolute Gasteiger partial charge is 0.251 e. The van der Waals surface area contributed by atoms with E-state index in [1.807, 2.05) is 6.92 Å². The molecule has 0 radical (unpaired) electrons. The van der Waals surface area contributed by atoms with E-state index in [0.29, 0.717) is 17.9 Å². The normalized spacial score (nSPS) is 10.7. The molecular formula is C15H27N5O. The Morgan fingerprint density at radius 2 is 2.05 bits per heavy atom. The first kappa shape index (κ1) is 17.4. The van der Waals surface area contributed by atoms with E-state index in [2.05, 4.69) is 34.5 Å². The third kappa shape index (κ3) is 5.69. The van der Waals surface area contributed by atoms with Gasteiger partial charge in [-0.2, -0.15) is 0 Å². The molecule has 1 aromatic rings. The second-order valence-electron chi connectivity index (χ2n) is 4.92. The lowest BCUT2D eigenvalue weighted by Crippen LogP contribution is -2.35. The van der Waals surface area contributed by atoms with Gasteiger partial charge in [-0.05, 0) is 38.1 Å². The number of aryl methyl sites for hydroxylation is 1. The molecule has 0 bridgehead atoms. The number of amides is 1. The van der Waals surface area contributed by atoms with Crippen LogP contribution in [-0.4, -0.2) is 42.0 Å². The highest BCUT2D eigenvalue weighted by molar-refractivity contribution is 5.95. The molecule has 118 valence electrons. The topological polar surface area (TPSA) is 83.3 Å². The summed E-state index contributed by atoms with van der Waals surface area (Å²) >= 11 is 0. The molecule has 0 aliphatic carbocycles. The number of nitrogens with two attached hydrogens (primary N) is 1. The quantitative estimate of drug-likeness (QED) is 0.473. The Hall–Kier alpha value is -1.66. The van der Waals surface area contributed by atoms with Crippen molar-refractivity contribution in [1.82, 2.24) is 15.2 Å². The number of rotatable bonds is 9. The monoisotopic (exact) mass is 293 g/mol. The standard InChI is InChI=1S/C15H27N5O/c1-4-8-20(6-3)9-7-17-15(21)12-10-13(5-2)18-14(11-12)19-16/h10-11H,4-9,16H2,1-3H3,(H,17,21)(H,18,19). The summed E-state index contributed by atoms with van der Waals surface area (Å²) in [5, 5.41) is 2.95. The van der Waals surface area contributed by atoms with Crippen LogP contribution in [0.2, 0.25) is 0 Å². The number of nitrogens with zero attached hydrogens (tertiary/aromatic N) is 2. The molecule has 0 saturated heterocycles. The lowest BCUT2D eigenvalue weighted by molar-refractivity contribution is 0.0948. The van der Waals surface area contributed by atoms with Crippen molar-refractivity contribution in [3.8, 4) is 0 Å². The Balaban J connectivity index is 2.59. The zero-order valence-electron chi connectivity index (χ0n) is 13.3. The van der Waals surface area contributed by atoms with Crippen molar-refractivity contribution in [2.75, 3.05) is 31.6 Å². The molecule has 4 N–H and O–H groups in total. The molecule has 0 spiro atoms. The first-order chi connectivity index (χ1) is 10.1. The number of carbonyl (C=O) groups excluding carboxylic acids is 1. The van der Waals surface area contributed by atoms with Crippen LogP contribution >= 0.6 is 0 Å². The summed E-state index contributed by atoms with van der Waals surface area (Å²) in [7, 11) is 0. The average molecular weight is 293 g/mol. The minimum Gasteiger partial charge on any atom is -0.351 e. The Kier molecular flexibility index (Phi) is 7.71. The fourth-order valence-corrected chi connectivity index (χ4v) is 2.15. The maximum absolute atomic E-state index is 12.2. The van der Waals surface area contributed by atoms with Gasteiger partial charge in [-0.1, -0.05) is 20.8 Å². The van der Waals surface area contributed by atoms with Crippen molar-refractivity contribution in [3.05, 3.63) is 23.4 Å². The van der Waals surface area contributed by atoms with Crippen molar-refractivity contribution in [3.63, 3.8) is 0 Å². The van der Waals surface area contributed by atoms with Crippen LogP contribution in [0, 0.1) is 0 Å². The maximum Gasteiger partial charge on any atom is 0.251 e. The van der Waals surface area contributed by atoms with E-state index in [9.17, 15) is 4.79 Å². The Morgan fingerprint density at radius 3 is 2.62 bits per heavy atom. The largest absolute Gasteiger partial charge is 0.351 e. The van der Waals surface area contributed by atoms with Gasteiger partial charge in [0.15, 0.2) is 0 Å². The summed E-state index contributed by atoms with van der Waals surface area (Å²) in [4.78, 5) is 18.8. The Bertz CT molecular complexity index is 427. The third-order valence-electron chi connectivity index (χ3n) is 3.35. The number of aromatic nitrogens is 1. The number of nitrogen functional groups attached to an aromatic ring is 1. The van der Waals surface area contributed by atoms with Gasteiger partial charge in [0.1, 0.15) is 5.82 Å². The second kappa shape index (κ2) is 9.31.